The summed E-state index contributed by atoms with van der Waals surface area (Å²) in [6, 6.07) is 6.00. The normalized spacial score (nSPS) is 17.0. The molecule has 1 fully saturated rings. The van der Waals surface area contributed by atoms with Crippen LogP contribution in [-0.2, 0) is 9.53 Å². The maximum Gasteiger partial charge on any atom is 0.254 e. The van der Waals surface area contributed by atoms with Gasteiger partial charge in [-0.2, -0.15) is 0 Å². The van der Waals surface area contributed by atoms with Crippen molar-refractivity contribution < 1.29 is 14.3 Å². The van der Waals surface area contributed by atoms with E-state index in [0.29, 0.717) is 23.6 Å². The van der Waals surface area contributed by atoms with E-state index in [1.54, 1.807) is 0 Å². The Kier molecular flexibility index (Phi) is 4.69. The first-order valence-electron chi connectivity index (χ1n) is 7.88. The third kappa shape index (κ3) is 3.20. The zero-order valence-corrected chi connectivity index (χ0v) is 14.5. The van der Waals surface area contributed by atoms with E-state index >= 15 is 0 Å². The van der Waals surface area contributed by atoms with E-state index in [1.165, 1.54) is 16.9 Å². The summed E-state index contributed by atoms with van der Waals surface area (Å²) >= 11 is 1.31. The van der Waals surface area contributed by atoms with E-state index < -0.39 is 12.0 Å². The van der Waals surface area contributed by atoms with E-state index in [1.807, 2.05) is 37.4 Å². The van der Waals surface area contributed by atoms with Crippen LogP contribution in [0.2, 0.25) is 0 Å². The lowest BCUT2D eigenvalue weighted by atomic mass is 9.99. The number of thiophene rings is 1. The third-order valence-corrected chi connectivity index (χ3v) is 5.21. The average molecular weight is 344 g/mol. The molecule has 0 bridgehead atoms. The minimum absolute atomic E-state index is 0.219. The second-order valence-electron chi connectivity index (χ2n) is 6.01. The minimum Gasteiger partial charge on any atom is -0.368 e. The van der Waals surface area contributed by atoms with Gasteiger partial charge in [0.05, 0.1) is 5.56 Å². The highest BCUT2D eigenvalue weighted by atomic mass is 32.1. The molecule has 3 N–H and O–H groups in total. The van der Waals surface area contributed by atoms with Crippen LogP contribution in [0.15, 0.2) is 23.6 Å². The SMILES string of the molecule is Cc1ccc(-c2csc(NC(=O)[C@@H]3CCCO3)c2C(N)=O)cc1C. The Morgan fingerprint density at radius 3 is 2.71 bits per heavy atom. The number of benzene rings is 1. The minimum atomic E-state index is -0.549. The number of carbonyl (C=O) groups excluding carboxylic acids is 2. The molecule has 24 heavy (non-hydrogen) atoms. The summed E-state index contributed by atoms with van der Waals surface area (Å²) in [6.45, 7) is 4.66. The first-order chi connectivity index (χ1) is 11.5. The number of nitrogens with one attached hydrogen (secondary N) is 1. The molecule has 6 heteroatoms. The fraction of sp³-hybridized carbons (Fsp3) is 0.333. The molecule has 0 spiro atoms. The highest BCUT2D eigenvalue weighted by Crippen LogP contribution is 2.36. The molecule has 5 nitrogen and oxygen atoms in total. The van der Waals surface area contributed by atoms with Crippen molar-refractivity contribution >= 4 is 28.2 Å². The maximum absolute atomic E-state index is 12.3. The third-order valence-electron chi connectivity index (χ3n) is 4.31. The maximum atomic E-state index is 12.3. The lowest BCUT2D eigenvalue weighted by molar-refractivity contribution is -0.124. The van der Waals surface area contributed by atoms with Gasteiger partial charge in [0, 0.05) is 17.6 Å². The fourth-order valence-electron chi connectivity index (χ4n) is 2.79. The van der Waals surface area contributed by atoms with E-state index in [0.717, 1.165) is 23.1 Å². The molecule has 1 saturated heterocycles. The lowest BCUT2D eigenvalue weighted by Gasteiger charge is -2.11. The van der Waals surface area contributed by atoms with Gasteiger partial charge < -0.3 is 15.8 Å². The van der Waals surface area contributed by atoms with E-state index in [4.69, 9.17) is 10.5 Å². The fourth-order valence-corrected chi connectivity index (χ4v) is 3.77. The van der Waals surface area contributed by atoms with Gasteiger partial charge in [-0.15, -0.1) is 11.3 Å². The molecule has 0 aliphatic carbocycles. The quantitative estimate of drug-likeness (QED) is 0.893. The second kappa shape index (κ2) is 6.75. The van der Waals surface area contributed by atoms with Crippen LogP contribution in [-0.4, -0.2) is 24.5 Å². The van der Waals surface area contributed by atoms with Crippen LogP contribution in [0.3, 0.4) is 0 Å². The van der Waals surface area contributed by atoms with Crippen LogP contribution in [0.25, 0.3) is 11.1 Å². The Bertz CT molecular complexity index is 792. The molecule has 1 aliphatic heterocycles. The number of rotatable bonds is 4. The molecule has 0 unspecified atom stereocenters. The number of hydrogen-bond donors (Lipinski definition) is 2. The molecule has 1 aromatic heterocycles. The van der Waals surface area contributed by atoms with Crippen LogP contribution in [0.4, 0.5) is 5.00 Å². The van der Waals surface area contributed by atoms with Crippen molar-refractivity contribution in [2.75, 3.05) is 11.9 Å². The Labute approximate surface area is 144 Å². The topological polar surface area (TPSA) is 81.4 Å². The largest absolute Gasteiger partial charge is 0.368 e. The molecule has 0 radical (unpaired) electrons. The van der Waals surface area contributed by atoms with Crippen molar-refractivity contribution in [2.24, 2.45) is 5.73 Å². The van der Waals surface area contributed by atoms with Gasteiger partial charge in [-0.05, 0) is 43.4 Å². The summed E-state index contributed by atoms with van der Waals surface area (Å²) in [5.41, 5.74) is 9.92. The summed E-state index contributed by atoms with van der Waals surface area (Å²) in [5.74, 6) is -0.768. The lowest BCUT2D eigenvalue weighted by Crippen LogP contribution is -2.27. The van der Waals surface area contributed by atoms with Gasteiger partial charge in [0.25, 0.3) is 11.8 Å². The molecular weight excluding hydrogens is 324 g/mol. The summed E-state index contributed by atoms with van der Waals surface area (Å²) in [6.07, 6.45) is 1.13. The van der Waals surface area contributed by atoms with Gasteiger partial charge in [-0.3, -0.25) is 9.59 Å². The Hall–Kier alpha value is -2.18. The van der Waals surface area contributed by atoms with Crippen LogP contribution in [0, 0.1) is 13.8 Å². The molecule has 126 valence electrons. The van der Waals surface area contributed by atoms with Crippen molar-refractivity contribution in [1.82, 2.24) is 0 Å². The van der Waals surface area contributed by atoms with Gasteiger partial charge in [-0.25, -0.2) is 0 Å². The molecule has 2 amide bonds. The van der Waals surface area contributed by atoms with Gasteiger partial charge >= 0.3 is 0 Å². The zero-order chi connectivity index (χ0) is 17.3. The average Bonchev–Trinajstić information content (AvgIpc) is 3.19. The van der Waals surface area contributed by atoms with Gasteiger partial charge in [-0.1, -0.05) is 18.2 Å². The van der Waals surface area contributed by atoms with Gasteiger partial charge in [0.1, 0.15) is 11.1 Å². The Morgan fingerprint density at radius 1 is 1.29 bits per heavy atom. The number of primary amides is 1. The molecule has 1 aliphatic rings. The number of ether oxygens (including phenoxy) is 1. The highest BCUT2D eigenvalue weighted by Gasteiger charge is 2.26. The molecule has 1 aromatic carbocycles. The highest BCUT2D eigenvalue weighted by molar-refractivity contribution is 7.15. The zero-order valence-electron chi connectivity index (χ0n) is 13.7. The summed E-state index contributed by atoms with van der Waals surface area (Å²) in [7, 11) is 0. The monoisotopic (exact) mass is 344 g/mol. The molecule has 3 rings (SSSR count). The van der Waals surface area contributed by atoms with Crippen molar-refractivity contribution in [3.8, 4) is 11.1 Å². The van der Waals surface area contributed by atoms with Crippen molar-refractivity contribution in [2.45, 2.75) is 32.8 Å². The number of carbonyl (C=O) groups is 2. The molecule has 0 saturated carbocycles. The molecule has 2 aromatic rings. The smallest absolute Gasteiger partial charge is 0.254 e. The number of aryl methyl sites for hydroxylation is 2. The van der Waals surface area contributed by atoms with Gasteiger partial charge in [0.15, 0.2) is 0 Å². The second-order valence-corrected chi connectivity index (χ2v) is 6.89. The Morgan fingerprint density at radius 2 is 2.08 bits per heavy atom. The van der Waals surface area contributed by atoms with E-state index in [-0.39, 0.29) is 5.91 Å². The number of anilines is 1. The number of nitrogens with two attached hydrogens (primary N) is 1. The summed E-state index contributed by atoms with van der Waals surface area (Å²) in [5, 5.41) is 5.14. The predicted octanol–water partition coefficient (Wildman–Crippen LogP) is 3.25. The predicted molar refractivity (Wildman–Crippen MR) is 95.4 cm³/mol. The van der Waals surface area contributed by atoms with Crippen molar-refractivity contribution in [3.05, 3.63) is 40.3 Å². The summed E-state index contributed by atoms with van der Waals surface area (Å²) < 4.78 is 5.38. The number of amides is 2. The first kappa shape index (κ1) is 16.7. The van der Waals surface area contributed by atoms with Crippen LogP contribution >= 0.6 is 11.3 Å². The van der Waals surface area contributed by atoms with Crippen LogP contribution in [0.1, 0.15) is 34.3 Å². The van der Waals surface area contributed by atoms with Crippen LogP contribution in [0.5, 0.6) is 0 Å². The molecular formula is C18H20N2O3S. The standard InChI is InChI=1S/C18H20N2O3S/c1-10-5-6-12(8-11(10)2)13-9-24-18(15(13)16(19)21)20-17(22)14-4-3-7-23-14/h5-6,8-9,14H,3-4,7H2,1-2H3,(H2,19,21)(H,20,22)/t14-/m0/s1. The van der Waals surface area contributed by atoms with Crippen molar-refractivity contribution in [1.29, 1.82) is 0 Å². The molecule has 1 atom stereocenters. The number of hydrogen-bond acceptors (Lipinski definition) is 4. The van der Waals surface area contributed by atoms with Gasteiger partial charge in [0.2, 0.25) is 0 Å². The Balaban J connectivity index is 1.94. The summed E-state index contributed by atoms with van der Waals surface area (Å²) in [4.78, 5) is 24.2. The van der Waals surface area contributed by atoms with E-state index in [2.05, 4.69) is 5.32 Å². The molecule has 2 heterocycles. The van der Waals surface area contributed by atoms with E-state index in [9.17, 15) is 9.59 Å². The van der Waals surface area contributed by atoms with Crippen LogP contribution < -0.4 is 11.1 Å². The first-order valence-corrected chi connectivity index (χ1v) is 8.76. The van der Waals surface area contributed by atoms with Crippen molar-refractivity contribution in [3.63, 3.8) is 0 Å².